The van der Waals surface area contributed by atoms with Crippen molar-refractivity contribution in [2.75, 3.05) is 11.9 Å². The van der Waals surface area contributed by atoms with Gasteiger partial charge in [0.05, 0.1) is 5.60 Å². The van der Waals surface area contributed by atoms with Gasteiger partial charge < -0.3 is 15.0 Å². The summed E-state index contributed by atoms with van der Waals surface area (Å²) < 4.78 is 1.89. The lowest BCUT2D eigenvalue weighted by Gasteiger charge is -2.25. The Bertz CT molecular complexity index is 279. The van der Waals surface area contributed by atoms with Crippen LogP contribution in [0, 0.1) is 0 Å². The second-order valence-corrected chi connectivity index (χ2v) is 3.65. The quantitative estimate of drug-likeness (QED) is 0.750. The molecule has 0 saturated carbocycles. The molecule has 0 amide bonds. The number of imidazole rings is 1. The lowest BCUT2D eigenvalue weighted by Crippen LogP contribution is -2.35. The van der Waals surface area contributed by atoms with E-state index in [9.17, 15) is 5.11 Å². The maximum absolute atomic E-state index is 10.0. The highest BCUT2D eigenvalue weighted by Gasteiger charge is 2.21. The molecule has 0 saturated heterocycles. The second kappa shape index (κ2) is 4.46. The summed E-state index contributed by atoms with van der Waals surface area (Å²) in [5, 5.41) is 13.2. The van der Waals surface area contributed by atoms with Crippen LogP contribution in [0.3, 0.4) is 0 Å². The number of aromatic nitrogens is 2. The van der Waals surface area contributed by atoms with Crippen molar-refractivity contribution in [1.82, 2.24) is 9.55 Å². The molecule has 80 valence electrons. The summed E-state index contributed by atoms with van der Waals surface area (Å²) >= 11 is 0. The SMILES string of the molecule is CCC(O)(CC)CNc1nccn1C. The van der Waals surface area contributed by atoms with Crippen molar-refractivity contribution in [3.05, 3.63) is 12.4 Å². The number of nitrogens with one attached hydrogen (secondary N) is 1. The van der Waals surface area contributed by atoms with E-state index in [1.54, 1.807) is 6.20 Å². The van der Waals surface area contributed by atoms with Crippen molar-refractivity contribution in [1.29, 1.82) is 0 Å². The van der Waals surface area contributed by atoms with E-state index >= 15 is 0 Å². The molecule has 0 spiro atoms. The van der Waals surface area contributed by atoms with Crippen molar-refractivity contribution < 1.29 is 5.11 Å². The molecule has 0 atom stereocenters. The number of nitrogens with zero attached hydrogens (tertiary/aromatic N) is 2. The Morgan fingerprint density at radius 2 is 2.14 bits per heavy atom. The fourth-order valence-corrected chi connectivity index (χ4v) is 1.28. The summed E-state index contributed by atoms with van der Waals surface area (Å²) in [6.07, 6.45) is 5.11. The molecule has 0 fully saturated rings. The summed E-state index contributed by atoms with van der Waals surface area (Å²) in [6, 6.07) is 0. The van der Waals surface area contributed by atoms with Crippen molar-refractivity contribution in [2.24, 2.45) is 7.05 Å². The Morgan fingerprint density at radius 1 is 1.50 bits per heavy atom. The van der Waals surface area contributed by atoms with Crippen LogP contribution in [0.5, 0.6) is 0 Å². The molecular weight excluding hydrogens is 178 g/mol. The molecule has 4 nitrogen and oxygen atoms in total. The van der Waals surface area contributed by atoms with E-state index in [4.69, 9.17) is 0 Å². The van der Waals surface area contributed by atoms with Crippen LogP contribution in [0.25, 0.3) is 0 Å². The van der Waals surface area contributed by atoms with Crippen LogP contribution in [0.15, 0.2) is 12.4 Å². The first-order valence-electron chi connectivity index (χ1n) is 5.05. The maximum atomic E-state index is 10.0. The van der Waals surface area contributed by atoms with Crippen molar-refractivity contribution in [3.8, 4) is 0 Å². The average Bonchev–Trinajstić information content (AvgIpc) is 2.61. The number of hydrogen-bond acceptors (Lipinski definition) is 3. The first kappa shape index (κ1) is 11.0. The molecule has 0 aliphatic carbocycles. The molecule has 1 aromatic rings. The molecule has 0 aliphatic rings. The third-order valence-electron chi connectivity index (χ3n) is 2.71. The first-order valence-corrected chi connectivity index (χ1v) is 5.05. The van der Waals surface area contributed by atoms with Crippen molar-refractivity contribution in [3.63, 3.8) is 0 Å². The first-order chi connectivity index (χ1) is 6.61. The summed E-state index contributed by atoms with van der Waals surface area (Å²) in [5.41, 5.74) is -0.619. The minimum atomic E-state index is -0.619. The molecule has 0 aromatic carbocycles. The van der Waals surface area contributed by atoms with E-state index in [1.165, 1.54) is 0 Å². The Kier molecular flexibility index (Phi) is 3.52. The maximum Gasteiger partial charge on any atom is 0.202 e. The van der Waals surface area contributed by atoms with Gasteiger partial charge in [-0.25, -0.2) is 4.98 Å². The number of aryl methyl sites for hydroxylation is 1. The molecule has 0 bridgehead atoms. The van der Waals surface area contributed by atoms with E-state index in [0.717, 1.165) is 18.8 Å². The van der Waals surface area contributed by atoms with Crippen LogP contribution in [0.2, 0.25) is 0 Å². The highest BCUT2D eigenvalue weighted by molar-refractivity contribution is 5.25. The molecule has 0 radical (unpaired) electrons. The predicted molar refractivity (Wildman–Crippen MR) is 57.2 cm³/mol. The van der Waals surface area contributed by atoms with E-state index in [0.29, 0.717) is 6.54 Å². The summed E-state index contributed by atoms with van der Waals surface area (Å²) in [6.45, 7) is 4.53. The van der Waals surface area contributed by atoms with E-state index in [1.807, 2.05) is 31.7 Å². The number of aliphatic hydroxyl groups is 1. The van der Waals surface area contributed by atoms with E-state index in [2.05, 4.69) is 10.3 Å². The zero-order valence-corrected chi connectivity index (χ0v) is 9.12. The minimum Gasteiger partial charge on any atom is -0.388 e. The Balaban J connectivity index is 2.52. The van der Waals surface area contributed by atoms with Gasteiger partial charge in [0.15, 0.2) is 0 Å². The Labute approximate surface area is 85.0 Å². The normalized spacial score (nSPS) is 11.7. The lowest BCUT2D eigenvalue weighted by molar-refractivity contribution is 0.0455. The van der Waals surface area contributed by atoms with Gasteiger partial charge in [-0.05, 0) is 12.8 Å². The molecule has 1 heterocycles. The van der Waals surface area contributed by atoms with Gasteiger partial charge in [-0.2, -0.15) is 0 Å². The Morgan fingerprint density at radius 3 is 2.57 bits per heavy atom. The lowest BCUT2D eigenvalue weighted by atomic mass is 9.98. The van der Waals surface area contributed by atoms with Gasteiger partial charge in [-0.15, -0.1) is 0 Å². The number of anilines is 1. The summed E-state index contributed by atoms with van der Waals surface area (Å²) in [7, 11) is 1.92. The molecule has 4 heteroatoms. The monoisotopic (exact) mass is 197 g/mol. The Hall–Kier alpha value is -1.03. The van der Waals surface area contributed by atoms with Crippen molar-refractivity contribution in [2.45, 2.75) is 32.3 Å². The molecule has 1 rings (SSSR count). The fourth-order valence-electron chi connectivity index (χ4n) is 1.28. The molecular formula is C10H19N3O. The molecule has 14 heavy (non-hydrogen) atoms. The topological polar surface area (TPSA) is 50.1 Å². The molecule has 0 aliphatic heterocycles. The largest absolute Gasteiger partial charge is 0.388 e. The third kappa shape index (κ3) is 2.48. The predicted octanol–water partition coefficient (Wildman–Crippen LogP) is 1.38. The highest BCUT2D eigenvalue weighted by Crippen LogP contribution is 2.15. The molecule has 0 unspecified atom stereocenters. The van der Waals surface area contributed by atoms with E-state index < -0.39 is 5.60 Å². The summed E-state index contributed by atoms with van der Waals surface area (Å²) in [5.74, 6) is 0.797. The fraction of sp³-hybridized carbons (Fsp3) is 0.700. The minimum absolute atomic E-state index is 0.546. The van der Waals surface area contributed by atoms with Crippen LogP contribution in [0.4, 0.5) is 5.95 Å². The molecule has 1 aromatic heterocycles. The van der Waals surface area contributed by atoms with Gasteiger partial charge in [-0.3, -0.25) is 0 Å². The number of hydrogen-bond donors (Lipinski definition) is 2. The zero-order chi connectivity index (χ0) is 10.6. The molecule has 2 N–H and O–H groups in total. The van der Waals surface area contributed by atoms with Gasteiger partial charge in [0, 0.05) is 26.0 Å². The third-order valence-corrected chi connectivity index (χ3v) is 2.71. The van der Waals surface area contributed by atoms with Crippen LogP contribution in [-0.4, -0.2) is 26.8 Å². The van der Waals surface area contributed by atoms with Gasteiger partial charge in [-0.1, -0.05) is 13.8 Å². The average molecular weight is 197 g/mol. The van der Waals surface area contributed by atoms with Gasteiger partial charge in [0.2, 0.25) is 5.95 Å². The second-order valence-electron chi connectivity index (χ2n) is 3.65. The van der Waals surface area contributed by atoms with Crippen molar-refractivity contribution >= 4 is 5.95 Å². The van der Waals surface area contributed by atoms with Crippen LogP contribution >= 0.6 is 0 Å². The zero-order valence-electron chi connectivity index (χ0n) is 9.12. The van der Waals surface area contributed by atoms with Gasteiger partial charge >= 0.3 is 0 Å². The smallest absolute Gasteiger partial charge is 0.202 e. The highest BCUT2D eigenvalue weighted by atomic mass is 16.3. The van der Waals surface area contributed by atoms with E-state index in [-0.39, 0.29) is 0 Å². The summed E-state index contributed by atoms with van der Waals surface area (Å²) in [4.78, 5) is 4.13. The van der Waals surface area contributed by atoms with Crippen LogP contribution < -0.4 is 5.32 Å². The van der Waals surface area contributed by atoms with Gasteiger partial charge in [0.1, 0.15) is 0 Å². The number of rotatable bonds is 5. The van der Waals surface area contributed by atoms with Gasteiger partial charge in [0.25, 0.3) is 0 Å². The van der Waals surface area contributed by atoms with Crippen LogP contribution in [0.1, 0.15) is 26.7 Å². The van der Waals surface area contributed by atoms with Crippen LogP contribution in [-0.2, 0) is 7.05 Å². The standard InChI is InChI=1S/C10H19N3O/c1-4-10(14,5-2)8-12-9-11-6-7-13(9)3/h6-7,14H,4-5,8H2,1-3H3,(H,11,12).